The quantitative estimate of drug-likeness (QED) is 0.610. The molecule has 162 valence electrons. The van der Waals surface area contributed by atoms with E-state index in [-0.39, 0.29) is 52.7 Å². The summed E-state index contributed by atoms with van der Waals surface area (Å²) in [6.07, 6.45) is 2.36. The first-order valence-corrected chi connectivity index (χ1v) is 10.4. The van der Waals surface area contributed by atoms with Crippen LogP contribution >= 0.6 is 11.6 Å². The van der Waals surface area contributed by atoms with Gasteiger partial charge in [0.2, 0.25) is 5.91 Å². The average molecular weight is 446 g/mol. The molecule has 9 heteroatoms. The highest BCUT2D eigenvalue weighted by Gasteiger charge is 2.69. The fourth-order valence-electron chi connectivity index (χ4n) is 4.84. The molecule has 4 aliphatic rings. The van der Waals surface area contributed by atoms with Crippen LogP contribution in [0.1, 0.15) is 37.3 Å². The van der Waals surface area contributed by atoms with E-state index >= 15 is 0 Å². The smallest absolute Gasteiger partial charge is 0.258 e. The number of carbonyl (C=O) groups excluding carboxylic acids is 2. The highest BCUT2D eigenvalue weighted by Crippen LogP contribution is 2.60. The number of hydrogen-bond donors (Lipinski definition) is 3. The Morgan fingerprint density at radius 1 is 1.13 bits per heavy atom. The van der Waals surface area contributed by atoms with Crippen LogP contribution in [0, 0.1) is 5.82 Å². The number of rotatable bonds is 7. The molecule has 1 unspecified atom stereocenters. The Labute approximate surface area is 183 Å². The first kappa shape index (κ1) is 20.1. The first-order valence-electron chi connectivity index (χ1n) is 10.1. The van der Waals surface area contributed by atoms with Gasteiger partial charge in [-0.2, -0.15) is 0 Å². The molecular weight excluding hydrogens is 425 g/mol. The minimum Gasteiger partial charge on any atom is -0.484 e. The SMILES string of the molecule is O=C(COc1ccc(Cl)c(F)c1)NC12CC(NC(=O)CC3NOc4ccccc43)(C1)C2. The molecule has 0 radical (unpaired) electrons. The van der Waals surface area contributed by atoms with Gasteiger partial charge in [-0.15, -0.1) is 5.48 Å². The van der Waals surface area contributed by atoms with E-state index in [1.165, 1.54) is 12.1 Å². The Morgan fingerprint density at radius 2 is 1.84 bits per heavy atom. The van der Waals surface area contributed by atoms with Crippen molar-refractivity contribution >= 4 is 23.4 Å². The monoisotopic (exact) mass is 445 g/mol. The van der Waals surface area contributed by atoms with Gasteiger partial charge in [0.05, 0.1) is 11.1 Å². The molecule has 3 fully saturated rings. The molecule has 0 aromatic heterocycles. The number of carbonyl (C=O) groups is 2. The number of hydrogen-bond acceptors (Lipinski definition) is 5. The first-order chi connectivity index (χ1) is 14.9. The van der Waals surface area contributed by atoms with E-state index in [1.54, 1.807) is 0 Å². The second kappa shape index (κ2) is 7.39. The Kier molecular flexibility index (Phi) is 4.79. The third-order valence-electron chi connectivity index (χ3n) is 6.10. The summed E-state index contributed by atoms with van der Waals surface area (Å²) < 4.78 is 18.8. The Balaban J connectivity index is 1.06. The van der Waals surface area contributed by atoms with E-state index in [4.69, 9.17) is 21.2 Å². The molecule has 6 rings (SSSR count). The number of halogens is 2. The average Bonchev–Trinajstić information content (AvgIpc) is 3.09. The van der Waals surface area contributed by atoms with Crippen molar-refractivity contribution in [2.45, 2.75) is 42.8 Å². The zero-order valence-electron chi connectivity index (χ0n) is 16.5. The number of hydroxylamine groups is 1. The summed E-state index contributed by atoms with van der Waals surface area (Å²) in [5.41, 5.74) is 3.33. The molecule has 7 nitrogen and oxygen atoms in total. The lowest BCUT2D eigenvalue weighted by molar-refractivity contribution is -0.150. The van der Waals surface area contributed by atoms with Gasteiger partial charge in [-0.3, -0.25) is 9.59 Å². The molecule has 3 aliphatic carbocycles. The van der Waals surface area contributed by atoms with Crippen LogP contribution in [-0.2, 0) is 9.59 Å². The van der Waals surface area contributed by atoms with Crippen LogP contribution in [-0.4, -0.2) is 29.5 Å². The van der Waals surface area contributed by atoms with Gasteiger partial charge in [0.15, 0.2) is 12.4 Å². The molecule has 2 bridgehead atoms. The molecule has 0 spiro atoms. The second-order valence-corrected chi connectivity index (χ2v) is 8.97. The van der Waals surface area contributed by atoms with Crippen molar-refractivity contribution in [2.75, 3.05) is 6.61 Å². The van der Waals surface area contributed by atoms with Crippen LogP contribution in [0.15, 0.2) is 42.5 Å². The van der Waals surface area contributed by atoms with Gasteiger partial charge in [0.25, 0.3) is 5.91 Å². The predicted molar refractivity (Wildman–Crippen MR) is 110 cm³/mol. The number of para-hydroxylation sites is 1. The maximum atomic E-state index is 13.4. The van der Waals surface area contributed by atoms with Gasteiger partial charge in [-0.05, 0) is 37.5 Å². The maximum Gasteiger partial charge on any atom is 0.258 e. The standard InChI is InChI=1S/C22H21ClFN3O4/c23-15-6-5-13(7-16(15)24)30-9-20(29)26-22-10-21(11-22,12-22)25-19(28)8-17-14-3-1-2-4-18(14)31-27-17/h1-7,17,27H,8-12H2,(H,25,28)(H,26,29). The fourth-order valence-corrected chi connectivity index (χ4v) is 4.96. The van der Waals surface area contributed by atoms with E-state index in [9.17, 15) is 14.0 Å². The number of ether oxygens (including phenoxy) is 1. The summed E-state index contributed by atoms with van der Waals surface area (Å²) in [5, 5.41) is 6.08. The Bertz CT molecular complexity index is 1040. The summed E-state index contributed by atoms with van der Waals surface area (Å²) in [6.45, 7) is -0.213. The zero-order chi connectivity index (χ0) is 21.6. The van der Waals surface area contributed by atoms with Crippen LogP contribution < -0.4 is 25.7 Å². The van der Waals surface area contributed by atoms with Crippen LogP contribution in [0.3, 0.4) is 0 Å². The van der Waals surface area contributed by atoms with Crippen molar-refractivity contribution in [2.24, 2.45) is 0 Å². The molecule has 3 N–H and O–H groups in total. The lowest BCUT2D eigenvalue weighted by Gasteiger charge is -2.70. The second-order valence-electron chi connectivity index (χ2n) is 8.57. The maximum absolute atomic E-state index is 13.4. The van der Waals surface area contributed by atoms with E-state index in [0.717, 1.165) is 17.4 Å². The van der Waals surface area contributed by atoms with Crippen molar-refractivity contribution < 1.29 is 23.6 Å². The van der Waals surface area contributed by atoms with Crippen LogP contribution in [0.25, 0.3) is 0 Å². The fraction of sp³-hybridized carbons (Fsp3) is 0.364. The Hall–Kier alpha value is -2.84. The molecule has 1 aliphatic heterocycles. The van der Waals surface area contributed by atoms with Crippen LogP contribution in [0.2, 0.25) is 5.02 Å². The summed E-state index contributed by atoms with van der Waals surface area (Å²) in [4.78, 5) is 30.1. The third-order valence-corrected chi connectivity index (χ3v) is 6.40. The topological polar surface area (TPSA) is 88.7 Å². The highest BCUT2D eigenvalue weighted by molar-refractivity contribution is 6.30. The van der Waals surface area contributed by atoms with Crippen LogP contribution in [0.5, 0.6) is 11.5 Å². The predicted octanol–water partition coefficient (Wildman–Crippen LogP) is 2.79. The minimum absolute atomic E-state index is 0.00143. The summed E-state index contributed by atoms with van der Waals surface area (Å²) in [6, 6.07) is 11.5. The number of amides is 2. The molecule has 1 atom stereocenters. The summed E-state index contributed by atoms with van der Waals surface area (Å²) in [7, 11) is 0. The molecule has 3 saturated carbocycles. The third kappa shape index (κ3) is 3.81. The van der Waals surface area contributed by atoms with Crippen molar-refractivity contribution in [1.82, 2.24) is 16.1 Å². The summed E-state index contributed by atoms with van der Waals surface area (Å²) >= 11 is 5.63. The highest BCUT2D eigenvalue weighted by atomic mass is 35.5. The Morgan fingerprint density at radius 3 is 2.58 bits per heavy atom. The van der Waals surface area contributed by atoms with E-state index in [0.29, 0.717) is 19.3 Å². The van der Waals surface area contributed by atoms with E-state index < -0.39 is 5.82 Å². The van der Waals surface area contributed by atoms with Crippen molar-refractivity contribution in [1.29, 1.82) is 0 Å². The van der Waals surface area contributed by atoms with Crippen LogP contribution in [0.4, 0.5) is 4.39 Å². The number of benzene rings is 2. The van der Waals surface area contributed by atoms with Crippen molar-refractivity contribution in [3.05, 3.63) is 58.9 Å². The van der Waals surface area contributed by atoms with Gasteiger partial charge in [-0.25, -0.2) is 4.39 Å². The van der Waals surface area contributed by atoms with Gasteiger partial charge in [-0.1, -0.05) is 29.8 Å². The van der Waals surface area contributed by atoms with E-state index in [2.05, 4.69) is 16.1 Å². The normalized spacial score (nSPS) is 27.2. The van der Waals surface area contributed by atoms with Gasteiger partial charge in [0, 0.05) is 29.1 Å². The molecule has 2 aromatic rings. The number of nitrogens with one attached hydrogen (secondary N) is 3. The van der Waals surface area contributed by atoms with Gasteiger partial charge in [0.1, 0.15) is 11.6 Å². The zero-order valence-corrected chi connectivity index (χ0v) is 17.3. The molecule has 0 saturated heterocycles. The van der Waals surface area contributed by atoms with Crippen molar-refractivity contribution in [3.8, 4) is 11.5 Å². The molecule has 2 amide bonds. The van der Waals surface area contributed by atoms with Gasteiger partial charge >= 0.3 is 0 Å². The lowest BCUT2D eigenvalue weighted by Crippen LogP contribution is -2.84. The number of fused-ring (bicyclic) bond motifs is 1. The lowest BCUT2D eigenvalue weighted by atomic mass is 9.44. The molecule has 31 heavy (non-hydrogen) atoms. The minimum atomic E-state index is -0.598. The molecule has 2 aromatic carbocycles. The van der Waals surface area contributed by atoms with Crippen molar-refractivity contribution in [3.63, 3.8) is 0 Å². The molecule has 1 heterocycles. The van der Waals surface area contributed by atoms with E-state index in [1.807, 2.05) is 24.3 Å². The largest absolute Gasteiger partial charge is 0.484 e. The molecular formula is C22H21ClFN3O4. The summed E-state index contributed by atoms with van der Waals surface area (Å²) in [5.74, 6) is 0.0597. The van der Waals surface area contributed by atoms with Gasteiger partial charge < -0.3 is 20.2 Å².